The van der Waals surface area contributed by atoms with Gasteiger partial charge in [-0.25, -0.2) is 0 Å². The second-order valence-corrected chi connectivity index (χ2v) is 5.63. The normalized spacial score (nSPS) is 13.0. The average Bonchev–Trinajstić information content (AvgIpc) is 2.32. The number of hydrogen-bond donors (Lipinski definition) is 0. The van der Waals surface area contributed by atoms with Gasteiger partial charge in [0, 0.05) is 10.5 Å². The Bertz CT molecular complexity index is 301. The minimum absolute atomic E-state index is 0.635. The SMILES string of the molecule is CCCN(CCC)C(C)Cc1ccc(Br)cc1. The zero-order chi connectivity index (χ0) is 12.7. The molecule has 0 bridgehead atoms. The maximum absolute atomic E-state index is 3.48. The highest BCUT2D eigenvalue weighted by atomic mass is 79.9. The van der Waals surface area contributed by atoms with Crippen LogP contribution in [0.15, 0.2) is 28.7 Å². The Kier molecular flexibility index (Phi) is 6.83. The summed E-state index contributed by atoms with van der Waals surface area (Å²) >= 11 is 3.48. The van der Waals surface area contributed by atoms with Gasteiger partial charge in [-0.3, -0.25) is 0 Å². The van der Waals surface area contributed by atoms with Crippen LogP contribution in [-0.4, -0.2) is 24.0 Å². The van der Waals surface area contributed by atoms with E-state index in [0.717, 1.165) is 10.9 Å². The molecule has 1 aromatic rings. The molecule has 0 aliphatic rings. The molecule has 0 N–H and O–H groups in total. The van der Waals surface area contributed by atoms with Crippen molar-refractivity contribution in [2.24, 2.45) is 0 Å². The molecule has 0 saturated heterocycles. The zero-order valence-electron chi connectivity index (χ0n) is 11.2. The van der Waals surface area contributed by atoms with Crippen LogP contribution in [0.4, 0.5) is 0 Å². The molecule has 0 fully saturated rings. The number of nitrogens with zero attached hydrogens (tertiary/aromatic N) is 1. The van der Waals surface area contributed by atoms with E-state index in [2.05, 4.69) is 65.9 Å². The third-order valence-electron chi connectivity index (χ3n) is 3.09. The lowest BCUT2D eigenvalue weighted by Gasteiger charge is -2.28. The van der Waals surface area contributed by atoms with E-state index < -0.39 is 0 Å². The van der Waals surface area contributed by atoms with Crippen molar-refractivity contribution in [2.45, 2.75) is 46.1 Å². The molecular formula is C15H24BrN. The zero-order valence-corrected chi connectivity index (χ0v) is 12.8. The number of rotatable bonds is 7. The van der Waals surface area contributed by atoms with Crippen molar-refractivity contribution in [3.63, 3.8) is 0 Å². The van der Waals surface area contributed by atoms with E-state index >= 15 is 0 Å². The van der Waals surface area contributed by atoms with E-state index in [1.165, 1.54) is 31.5 Å². The molecule has 1 aromatic carbocycles. The van der Waals surface area contributed by atoms with E-state index in [1.54, 1.807) is 0 Å². The van der Waals surface area contributed by atoms with Gasteiger partial charge in [0.1, 0.15) is 0 Å². The van der Waals surface area contributed by atoms with Gasteiger partial charge in [0.15, 0.2) is 0 Å². The Labute approximate surface area is 114 Å². The van der Waals surface area contributed by atoms with Crippen LogP contribution in [0.3, 0.4) is 0 Å². The van der Waals surface area contributed by atoms with Crippen molar-refractivity contribution in [1.82, 2.24) is 4.90 Å². The van der Waals surface area contributed by atoms with Crippen LogP contribution in [-0.2, 0) is 6.42 Å². The largest absolute Gasteiger partial charge is 0.300 e. The molecule has 1 atom stereocenters. The first-order valence-electron chi connectivity index (χ1n) is 6.65. The quantitative estimate of drug-likeness (QED) is 0.716. The van der Waals surface area contributed by atoms with Crippen molar-refractivity contribution in [3.8, 4) is 0 Å². The summed E-state index contributed by atoms with van der Waals surface area (Å²) in [4.78, 5) is 2.60. The van der Waals surface area contributed by atoms with Gasteiger partial charge in [-0.2, -0.15) is 0 Å². The van der Waals surface area contributed by atoms with Crippen LogP contribution in [0.1, 0.15) is 39.2 Å². The minimum Gasteiger partial charge on any atom is -0.300 e. The summed E-state index contributed by atoms with van der Waals surface area (Å²) in [6.45, 7) is 9.29. The molecule has 17 heavy (non-hydrogen) atoms. The number of halogens is 1. The van der Waals surface area contributed by atoms with Crippen LogP contribution < -0.4 is 0 Å². The standard InChI is InChI=1S/C15H24BrN/c1-4-10-17(11-5-2)13(3)12-14-6-8-15(16)9-7-14/h6-9,13H,4-5,10-12H2,1-3H3. The van der Waals surface area contributed by atoms with Gasteiger partial charge in [0.25, 0.3) is 0 Å². The summed E-state index contributed by atoms with van der Waals surface area (Å²) in [6.07, 6.45) is 3.63. The van der Waals surface area contributed by atoms with E-state index in [1.807, 2.05) is 0 Å². The van der Waals surface area contributed by atoms with Crippen LogP contribution >= 0.6 is 15.9 Å². The van der Waals surface area contributed by atoms with Gasteiger partial charge >= 0.3 is 0 Å². The van der Waals surface area contributed by atoms with Gasteiger partial charge in [-0.1, -0.05) is 41.9 Å². The summed E-state index contributed by atoms with van der Waals surface area (Å²) in [5, 5.41) is 0. The molecule has 0 radical (unpaired) electrons. The molecule has 1 rings (SSSR count). The van der Waals surface area contributed by atoms with E-state index in [-0.39, 0.29) is 0 Å². The lowest BCUT2D eigenvalue weighted by Crippen LogP contribution is -2.35. The molecule has 96 valence electrons. The van der Waals surface area contributed by atoms with Crippen LogP contribution in [0.25, 0.3) is 0 Å². The van der Waals surface area contributed by atoms with Crippen molar-refractivity contribution in [2.75, 3.05) is 13.1 Å². The van der Waals surface area contributed by atoms with Gasteiger partial charge < -0.3 is 4.90 Å². The predicted octanol–water partition coefficient (Wildman–Crippen LogP) is 4.50. The Morgan fingerprint density at radius 2 is 1.59 bits per heavy atom. The first-order chi connectivity index (χ1) is 8.17. The summed E-state index contributed by atoms with van der Waals surface area (Å²) in [6, 6.07) is 9.34. The Balaban J connectivity index is 2.55. The fourth-order valence-corrected chi connectivity index (χ4v) is 2.48. The molecule has 0 aliphatic heterocycles. The fourth-order valence-electron chi connectivity index (χ4n) is 2.22. The highest BCUT2D eigenvalue weighted by Gasteiger charge is 2.12. The lowest BCUT2D eigenvalue weighted by molar-refractivity contribution is 0.208. The van der Waals surface area contributed by atoms with Gasteiger partial charge in [-0.05, 0) is 57.0 Å². The first kappa shape index (κ1) is 14.7. The van der Waals surface area contributed by atoms with Gasteiger partial charge in [0.2, 0.25) is 0 Å². The molecular weight excluding hydrogens is 274 g/mol. The minimum atomic E-state index is 0.635. The van der Waals surface area contributed by atoms with Crippen molar-refractivity contribution < 1.29 is 0 Å². The van der Waals surface area contributed by atoms with Crippen LogP contribution in [0.5, 0.6) is 0 Å². The van der Waals surface area contributed by atoms with E-state index in [4.69, 9.17) is 0 Å². The van der Waals surface area contributed by atoms with E-state index in [0.29, 0.717) is 6.04 Å². The van der Waals surface area contributed by atoms with Crippen molar-refractivity contribution in [3.05, 3.63) is 34.3 Å². The van der Waals surface area contributed by atoms with Crippen molar-refractivity contribution in [1.29, 1.82) is 0 Å². The molecule has 1 nitrogen and oxygen atoms in total. The topological polar surface area (TPSA) is 3.24 Å². The van der Waals surface area contributed by atoms with Crippen LogP contribution in [0, 0.1) is 0 Å². The second kappa shape index (κ2) is 7.88. The molecule has 1 unspecified atom stereocenters. The molecule has 0 spiro atoms. The van der Waals surface area contributed by atoms with E-state index in [9.17, 15) is 0 Å². The lowest BCUT2D eigenvalue weighted by atomic mass is 10.1. The summed E-state index contributed by atoms with van der Waals surface area (Å²) in [5.41, 5.74) is 1.43. The highest BCUT2D eigenvalue weighted by Crippen LogP contribution is 2.14. The molecule has 0 heterocycles. The third kappa shape index (κ3) is 5.22. The number of hydrogen-bond acceptors (Lipinski definition) is 1. The number of benzene rings is 1. The Morgan fingerprint density at radius 3 is 2.06 bits per heavy atom. The molecule has 0 amide bonds. The fraction of sp³-hybridized carbons (Fsp3) is 0.600. The monoisotopic (exact) mass is 297 g/mol. The second-order valence-electron chi connectivity index (χ2n) is 4.72. The highest BCUT2D eigenvalue weighted by molar-refractivity contribution is 9.10. The summed E-state index contributed by atoms with van der Waals surface area (Å²) in [5.74, 6) is 0. The smallest absolute Gasteiger partial charge is 0.0175 e. The van der Waals surface area contributed by atoms with Crippen LogP contribution in [0.2, 0.25) is 0 Å². The maximum atomic E-state index is 3.48. The Hall–Kier alpha value is -0.340. The summed E-state index contributed by atoms with van der Waals surface area (Å²) in [7, 11) is 0. The molecule has 0 aliphatic carbocycles. The molecule has 2 heteroatoms. The molecule has 0 saturated carbocycles. The Morgan fingerprint density at radius 1 is 1.06 bits per heavy atom. The molecule has 0 aromatic heterocycles. The maximum Gasteiger partial charge on any atom is 0.0175 e. The predicted molar refractivity (Wildman–Crippen MR) is 79.5 cm³/mol. The third-order valence-corrected chi connectivity index (χ3v) is 3.62. The summed E-state index contributed by atoms with van der Waals surface area (Å²) < 4.78 is 1.16. The first-order valence-corrected chi connectivity index (χ1v) is 7.45. The van der Waals surface area contributed by atoms with Gasteiger partial charge in [0.05, 0.1) is 0 Å². The van der Waals surface area contributed by atoms with Gasteiger partial charge in [-0.15, -0.1) is 0 Å². The van der Waals surface area contributed by atoms with Crippen molar-refractivity contribution >= 4 is 15.9 Å². The average molecular weight is 298 g/mol.